The number of amides is 2. The summed E-state index contributed by atoms with van der Waals surface area (Å²) in [5.74, 6) is -0.591. The largest absolute Gasteiger partial charge is 0.416 e. The summed E-state index contributed by atoms with van der Waals surface area (Å²) < 4.78 is 67.9. The molecule has 1 fully saturated rings. The first-order valence-electron chi connectivity index (χ1n) is 7.72. The number of sulfonamides is 1. The van der Waals surface area contributed by atoms with Gasteiger partial charge in [0.1, 0.15) is 0 Å². The second-order valence-corrected chi connectivity index (χ2v) is 8.37. The monoisotopic (exact) mass is 395 g/mol. The van der Waals surface area contributed by atoms with Crippen molar-refractivity contribution in [2.24, 2.45) is 5.92 Å². The van der Waals surface area contributed by atoms with Gasteiger partial charge in [-0.3, -0.25) is 0 Å². The summed E-state index contributed by atoms with van der Waals surface area (Å²) in [4.78, 5) is 12.0. The van der Waals surface area contributed by atoms with Gasteiger partial charge in [-0.15, -0.1) is 0 Å². The smallest absolute Gasteiger partial charge is 0.379 e. The molecule has 26 heavy (non-hydrogen) atoms. The van der Waals surface area contributed by atoms with E-state index in [-0.39, 0.29) is 24.7 Å². The molecule has 2 N–H and O–H groups in total. The van der Waals surface area contributed by atoms with E-state index in [1.54, 1.807) is 0 Å². The number of halogens is 3. The van der Waals surface area contributed by atoms with Gasteiger partial charge in [0.25, 0.3) is 0 Å². The molecule has 1 aromatic rings. The first-order chi connectivity index (χ1) is 12.0. The molecular weight excluding hydrogens is 375 g/mol. The van der Waals surface area contributed by atoms with Crippen molar-refractivity contribution >= 4 is 21.7 Å². The average molecular weight is 395 g/mol. The lowest BCUT2D eigenvalue weighted by atomic mass is 10.1. The number of carbonyl (C=O) groups is 1. The van der Waals surface area contributed by atoms with Crippen LogP contribution < -0.4 is 10.6 Å². The highest BCUT2D eigenvalue weighted by molar-refractivity contribution is 7.89. The average Bonchev–Trinajstić information content (AvgIpc) is 2.92. The number of ether oxygens (including phenoxy) is 1. The number of nitrogens with zero attached hydrogens (tertiary/aromatic N) is 1. The van der Waals surface area contributed by atoms with Crippen LogP contribution in [0, 0.1) is 5.92 Å². The van der Waals surface area contributed by atoms with E-state index < -0.39 is 39.8 Å². The van der Waals surface area contributed by atoms with E-state index in [1.807, 2.05) is 0 Å². The lowest BCUT2D eigenvalue weighted by Gasteiger charge is -2.21. The molecule has 1 aliphatic heterocycles. The van der Waals surface area contributed by atoms with E-state index in [9.17, 15) is 26.4 Å². The maximum absolute atomic E-state index is 12.5. The molecule has 0 radical (unpaired) electrons. The third-order valence-corrected chi connectivity index (χ3v) is 5.93. The van der Waals surface area contributed by atoms with E-state index >= 15 is 0 Å². The zero-order chi connectivity index (χ0) is 19.5. The van der Waals surface area contributed by atoms with Crippen molar-refractivity contribution in [3.63, 3.8) is 0 Å². The first-order valence-corrected chi connectivity index (χ1v) is 9.32. The summed E-state index contributed by atoms with van der Waals surface area (Å²) in [7, 11) is -0.610. The number of hydrogen-bond donors (Lipinski definition) is 2. The zero-order valence-corrected chi connectivity index (χ0v) is 15.0. The molecule has 0 spiro atoms. The van der Waals surface area contributed by atoms with E-state index in [2.05, 4.69) is 10.6 Å². The molecule has 0 aromatic heterocycles. The fourth-order valence-corrected chi connectivity index (χ4v) is 3.59. The predicted octanol–water partition coefficient (Wildman–Crippen LogP) is 1.73. The van der Waals surface area contributed by atoms with Crippen LogP contribution in [0.5, 0.6) is 0 Å². The van der Waals surface area contributed by atoms with E-state index in [4.69, 9.17) is 4.74 Å². The topological polar surface area (TPSA) is 87.7 Å². The number of carbonyl (C=O) groups excluding carboxylic acids is 1. The molecule has 1 aliphatic rings. The fourth-order valence-electron chi connectivity index (χ4n) is 2.42. The maximum Gasteiger partial charge on any atom is 0.416 e. The van der Waals surface area contributed by atoms with Gasteiger partial charge >= 0.3 is 12.2 Å². The Hall–Kier alpha value is -1.85. The van der Waals surface area contributed by atoms with Crippen LogP contribution in [0.15, 0.2) is 24.3 Å². The Bertz CT molecular complexity index is 735. The molecular formula is C15H20F3N3O4S. The summed E-state index contributed by atoms with van der Waals surface area (Å²) in [5, 5.41) is 5.02. The van der Waals surface area contributed by atoms with Crippen LogP contribution in [0.2, 0.25) is 0 Å². The number of benzene rings is 1. The van der Waals surface area contributed by atoms with Crippen molar-refractivity contribution in [2.75, 3.05) is 38.4 Å². The zero-order valence-electron chi connectivity index (χ0n) is 14.2. The van der Waals surface area contributed by atoms with Crippen molar-refractivity contribution in [3.05, 3.63) is 29.8 Å². The number of urea groups is 1. The molecule has 11 heteroatoms. The third-order valence-electron chi connectivity index (χ3n) is 3.97. The molecule has 2 amide bonds. The Morgan fingerprint density at radius 2 is 1.85 bits per heavy atom. The first kappa shape index (κ1) is 20.5. The molecule has 0 bridgehead atoms. The van der Waals surface area contributed by atoms with Crippen LogP contribution in [0.3, 0.4) is 0 Å². The SMILES string of the molecule is CN(C)S(=O)(=O)C[C@@H]1COC[C@@H]1NC(=O)Nc1ccc(C(F)(F)F)cc1. The van der Waals surface area contributed by atoms with Crippen LogP contribution in [-0.2, 0) is 20.9 Å². The van der Waals surface area contributed by atoms with Gasteiger partial charge in [-0.1, -0.05) is 0 Å². The van der Waals surface area contributed by atoms with Gasteiger partial charge in [0.05, 0.1) is 30.6 Å². The van der Waals surface area contributed by atoms with Gasteiger partial charge in [0.15, 0.2) is 0 Å². The molecule has 2 atom stereocenters. The summed E-state index contributed by atoms with van der Waals surface area (Å²) in [6.45, 7) is 0.354. The Kier molecular flexibility index (Phi) is 6.14. The Morgan fingerprint density at radius 1 is 1.23 bits per heavy atom. The highest BCUT2D eigenvalue weighted by atomic mass is 32.2. The minimum atomic E-state index is -4.45. The Balaban J connectivity index is 1.94. The maximum atomic E-state index is 12.5. The normalized spacial score (nSPS) is 21.0. The molecule has 146 valence electrons. The number of hydrogen-bond acceptors (Lipinski definition) is 4. The van der Waals surface area contributed by atoms with Gasteiger partial charge < -0.3 is 15.4 Å². The van der Waals surface area contributed by atoms with Crippen molar-refractivity contribution < 1.29 is 31.1 Å². The Morgan fingerprint density at radius 3 is 2.38 bits per heavy atom. The summed E-state index contributed by atoms with van der Waals surface area (Å²) in [6, 6.07) is 2.84. The van der Waals surface area contributed by atoms with Crippen LogP contribution >= 0.6 is 0 Å². The van der Waals surface area contributed by atoms with Gasteiger partial charge in [0.2, 0.25) is 10.0 Å². The molecule has 7 nitrogen and oxygen atoms in total. The molecule has 2 rings (SSSR count). The van der Waals surface area contributed by atoms with E-state index in [0.717, 1.165) is 28.6 Å². The van der Waals surface area contributed by atoms with Gasteiger partial charge in [-0.25, -0.2) is 17.5 Å². The lowest BCUT2D eigenvalue weighted by Crippen LogP contribution is -2.45. The quantitative estimate of drug-likeness (QED) is 0.795. The number of anilines is 1. The standard InChI is InChI=1S/C15H20F3N3O4S/c1-21(2)26(23,24)9-10-7-25-8-13(10)20-14(22)19-12-5-3-11(4-6-12)15(16,17)18/h3-6,10,13H,7-9H2,1-2H3,(H2,19,20,22)/t10-,13-/m0/s1. The summed E-state index contributed by atoms with van der Waals surface area (Å²) in [5.41, 5.74) is -0.631. The van der Waals surface area contributed by atoms with Crippen molar-refractivity contribution in [1.29, 1.82) is 0 Å². The minimum absolute atomic E-state index is 0.161. The van der Waals surface area contributed by atoms with Crippen LogP contribution in [0.25, 0.3) is 0 Å². The van der Waals surface area contributed by atoms with Crippen molar-refractivity contribution in [2.45, 2.75) is 12.2 Å². The lowest BCUT2D eigenvalue weighted by molar-refractivity contribution is -0.137. The highest BCUT2D eigenvalue weighted by Gasteiger charge is 2.34. The number of alkyl halides is 3. The van der Waals surface area contributed by atoms with Crippen LogP contribution in [0.4, 0.5) is 23.7 Å². The molecule has 1 saturated heterocycles. The molecule has 1 heterocycles. The summed E-state index contributed by atoms with van der Waals surface area (Å²) in [6.07, 6.45) is -4.45. The van der Waals surface area contributed by atoms with E-state index in [1.165, 1.54) is 14.1 Å². The van der Waals surface area contributed by atoms with Crippen molar-refractivity contribution in [3.8, 4) is 0 Å². The van der Waals surface area contributed by atoms with E-state index in [0.29, 0.717) is 0 Å². The van der Waals surface area contributed by atoms with Crippen LogP contribution in [-0.4, -0.2) is 57.9 Å². The number of nitrogens with one attached hydrogen (secondary N) is 2. The Labute approximate surface area is 149 Å². The molecule has 1 aromatic carbocycles. The van der Waals surface area contributed by atoms with Crippen LogP contribution in [0.1, 0.15) is 5.56 Å². The van der Waals surface area contributed by atoms with Gasteiger partial charge in [-0.05, 0) is 24.3 Å². The predicted molar refractivity (Wildman–Crippen MR) is 89.2 cm³/mol. The molecule has 0 aliphatic carbocycles. The minimum Gasteiger partial charge on any atom is -0.379 e. The van der Waals surface area contributed by atoms with Crippen molar-refractivity contribution in [1.82, 2.24) is 9.62 Å². The van der Waals surface area contributed by atoms with Gasteiger partial charge in [-0.2, -0.15) is 13.2 Å². The number of rotatable bonds is 5. The second-order valence-electron chi connectivity index (χ2n) is 6.14. The molecule has 0 unspecified atom stereocenters. The van der Waals surface area contributed by atoms with Gasteiger partial charge in [0, 0.05) is 25.7 Å². The molecule has 0 saturated carbocycles. The highest BCUT2D eigenvalue weighted by Crippen LogP contribution is 2.29. The second kappa shape index (κ2) is 7.80. The fraction of sp³-hybridized carbons (Fsp3) is 0.533. The summed E-state index contributed by atoms with van der Waals surface area (Å²) >= 11 is 0. The third kappa shape index (κ3) is 5.32.